The minimum absolute atomic E-state index is 0.0542. The number of aryl methyl sites for hydroxylation is 1. The van der Waals surface area contributed by atoms with Gasteiger partial charge in [0.15, 0.2) is 17.3 Å². The Labute approximate surface area is 208 Å². The molecule has 1 aromatic heterocycles. The van der Waals surface area contributed by atoms with Crippen molar-refractivity contribution >= 4 is 28.6 Å². The van der Waals surface area contributed by atoms with Gasteiger partial charge in [-0.25, -0.2) is 18.8 Å². The number of carbonyl (C=O) groups excluding carboxylic acids is 1. The highest BCUT2D eigenvalue weighted by molar-refractivity contribution is 5.77. The molecule has 0 bridgehead atoms. The van der Waals surface area contributed by atoms with Crippen LogP contribution in [-0.4, -0.2) is 44.2 Å². The van der Waals surface area contributed by atoms with Gasteiger partial charge in [-0.3, -0.25) is 5.43 Å². The smallest absolute Gasteiger partial charge is 0.410 e. The molecule has 0 aliphatic carbocycles. The fraction of sp³-hybridized carbons (Fsp3) is 0.360. The van der Waals surface area contributed by atoms with E-state index in [-0.39, 0.29) is 23.3 Å². The van der Waals surface area contributed by atoms with E-state index in [2.05, 4.69) is 20.8 Å². The van der Waals surface area contributed by atoms with E-state index in [0.717, 1.165) is 22.7 Å². The molecular weight excluding hydrogens is 465 g/mol. The van der Waals surface area contributed by atoms with Crippen LogP contribution in [0.15, 0.2) is 47.1 Å². The maximum atomic E-state index is 15.3. The fourth-order valence-electron chi connectivity index (χ4n) is 4.31. The summed E-state index contributed by atoms with van der Waals surface area (Å²) >= 11 is 0. The molecule has 36 heavy (non-hydrogen) atoms. The van der Waals surface area contributed by atoms with Crippen molar-refractivity contribution in [1.29, 1.82) is 0 Å². The number of halogens is 1. The SMILES string of the molecule is CC1=CC(=C2N=[N+]([O-])c3cc(C4=CCN(C(=O)OC(C)(C)C)CC4)cc(F)c3N2)Nn2cc(C)nc21. The van der Waals surface area contributed by atoms with Gasteiger partial charge in [0.25, 0.3) is 5.69 Å². The predicted octanol–water partition coefficient (Wildman–Crippen LogP) is 5.20. The zero-order valence-corrected chi connectivity index (χ0v) is 20.8. The zero-order valence-electron chi connectivity index (χ0n) is 20.8. The molecule has 3 aliphatic heterocycles. The number of ether oxygens (including phenoxy) is 1. The van der Waals surface area contributed by atoms with Crippen molar-refractivity contribution < 1.29 is 18.8 Å². The van der Waals surface area contributed by atoms with Gasteiger partial charge >= 0.3 is 6.09 Å². The van der Waals surface area contributed by atoms with Gasteiger partial charge in [-0.1, -0.05) is 6.08 Å². The number of amides is 1. The van der Waals surface area contributed by atoms with Crippen molar-refractivity contribution in [2.75, 3.05) is 23.8 Å². The highest BCUT2D eigenvalue weighted by Crippen LogP contribution is 2.38. The van der Waals surface area contributed by atoms with Gasteiger partial charge in [0, 0.05) is 30.5 Å². The number of hydrogen-bond donors (Lipinski definition) is 2. The van der Waals surface area contributed by atoms with Gasteiger partial charge in [0.05, 0.1) is 5.69 Å². The third kappa shape index (κ3) is 4.43. The number of allylic oxidation sites excluding steroid dienone is 2. The van der Waals surface area contributed by atoms with Gasteiger partial charge in [0.2, 0.25) is 5.82 Å². The molecular formula is C25H28FN7O3. The first-order valence-electron chi connectivity index (χ1n) is 11.7. The summed E-state index contributed by atoms with van der Waals surface area (Å²) in [5.41, 5.74) is 6.37. The standard InChI is InChI=1S/C25H28FN7O3/c1-14-10-19(29-32-13-15(2)27-23(14)32)22-28-21-18(26)11-17(12-20(21)33(35)30-22)16-6-8-31(9-7-16)24(34)36-25(3,4)5/h6,10-13,28-29H,7-9H2,1-5H3. The van der Waals surface area contributed by atoms with Crippen molar-refractivity contribution in [3.8, 4) is 0 Å². The van der Waals surface area contributed by atoms with Crippen LogP contribution in [0.3, 0.4) is 0 Å². The molecule has 4 heterocycles. The van der Waals surface area contributed by atoms with Gasteiger partial charge in [-0.05, 0) is 74.8 Å². The second-order valence-electron chi connectivity index (χ2n) is 10.0. The Morgan fingerprint density at radius 3 is 2.75 bits per heavy atom. The summed E-state index contributed by atoms with van der Waals surface area (Å²) in [5.74, 6) is 0.390. The third-order valence-corrected chi connectivity index (χ3v) is 5.98. The average molecular weight is 494 g/mol. The molecule has 0 spiro atoms. The number of anilines is 1. The average Bonchev–Trinajstić information content (AvgIpc) is 3.19. The molecule has 0 saturated carbocycles. The van der Waals surface area contributed by atoms with Crippen LogP contribution < -0.4 is 10.7 Å². The van der Waals surface area contributed by atoms with Crippen molar-refractivity contribution in [3.05, 3.63) is 70.1 Å². The van der Waals surface area contributed by atoms with E-state index in [1.54, 1.807) is 15.6 Å². The Bertz CT molecular complexity index is 1390. The van der Waals surface area contributed by atoms with E-state index in [4.69, 9.17) is 4.74 Å². The van der Waals surface area contributed by atoms with E-state index in [9.17, 15) is 10.0 Å². The summed E-state index contributed by atoms with van der Waals surface area (Å²) in [4.78, 5) is 18.8. The Kier molecular flexibility index (Phi) is 5.57. The van der Waals surface area contributed by atoms with Crippen LogP contribution in [0.5, 0.6) is 0 Å². The highest BCUT2D eigenvalue weighted by atomic mass is 19.1. The predicted molar refractivity (Wildman–Crippen MR) is 133 cm³/mol. The van der Waals surface area contributed by atoms with Crippen molar-refractivity contribution in [3.63, 3.8) is 0 Å². The first-order valence-corrected chi connectivity index (χ1v) is 11.7. The lowest BCUT2D eigenvalue weighted by molar-refractivity contribution is -0.439. The number of azo groups is 1. The van der Waals surface area contributed by atoms with Crippen LogP contribution in [0.4, 0.5) is 20.6 Å². The number of benzene rings is 1. The van der Waals surface area contributed by atoms with E-state index < -0.39 is 11.4 Å². The topological polar surface area (TPSA) is 110 Å². The first-order chi connectivity index (χ1) is 17.0. The summed E-state index contributed by atoms with van der Waals surface area (Å²) < 4.78 is 22.4. The molecule has 0 saturated heterocycles. The lowest BCUT2D eigenvalue weighted by Gasteiger charge is -2.29. The molecule has 11 heteroatoms. The number of imidazole rings is 1. The first kappa shape index (κ1) is 23.6. The van der Waals surface area contributed by atoms with E-state index in [1.807, 2.05) is 53.0 Å². The maximum Gasteiger partial charge on any atom is 0.410 e. The van der Waals surface area contributed by atoms with E-state index in [1.165, 1.54) is 6.07 Å². The summed E-state index contributed by atoms with van der Waals surface area (Å²) in [5, 5.41) is 20.0. The molecule has 1 amide bonds. The number of hydrogen-bond acceptors (Lipinski definition) is 7. The van der Waals surface area contributed by atoms with E-state index >= 15 is 4.39 Å². The molecule has 188 valence electrons. The van der Waals surface area contributed by atoms with Crippen LogP contribution in [0.1, 0.15) is 51.2 Å². The lowest BCUT2D eigenvalue weighted by Crippen LogP contribution is -2.39. The number of rotatable bonds is 1. The van der Waals surface area contributed by atoms with Gasteiger partial charge in [-0.2, -0.15) is 0 Å². The monoisotopic (exact) mass is 493 g/mol. The number of fused-ring (bicyclic) bond motifs is 2. The molecule has 0 radical (unpaired) electrons. The molecule has 3 aliphatic rings. The number of carbonyl (C=O) groups is 1. The molecule has 1 aromatic carbocycles. The molecule has 10 nitrogen and oxygen atoms in total. The zero-order chi connectivity index (χ0) is 25.8. The molecule has 0 fully saturated rings. The lowest BCUT2D eigenvalue weighted by atomic mass is 9.98. The Hall–Kier alpha value is -4.15. The van der Waals surface area contributed by atoms with Crippen molar-refractivity contribution in [2.24, 2.45) is 5.11 Å². The molecule has 5 rings (SSSR count). The second-order valence-corrected chi connectivity index (χ2v) is 10.0. The highest BCUT2D eigenvalue weighted by Gasteiger charge is 2.30. The van der Waals surface area contributed by atoms with Crippen molar-refractivity contribution in [2.45, 2.75) is 46.6 Å². The van der Waals surface area contributed by atoms with Gasteiger partial charge < -0.3 is 20.2 Å². The minimum Gasteiger partial charge on any atom is -0.594 e. The van der Waals surface area contributed by atoms with Crippen LogP contribution in [0.25, 0.3) is 11.1 Å². The fourth-order valence-corrected chi connectivity index (χ4v) is 4.31. The Morgan fingerprint density at radius 2 is 2.06 bits per heavy atom. The van der Waals surface area contributed by atoms with Crippen LogP contribution in [-0.2, 0) is 4.74 Å². The minimum atomic E-state index is -0.577. The normalized spacial score (nSPS) is 19.3. The van der Waals surface area contributed by atoms with E-state index in [0.29, 0.717) is 35.6 Å². The third-order valence-electron chi connectivity index (χ3n) is 5.98. The van der Waals surface area contributed by atoms with Gasteiger partial charge in [-0.15, -0.1) is 0 Å². The quantitative estimate of drug-likeness (QED) is 0.417. The van der Waals surface area contributed by atoms with Crippen LogP contribution in [0.2, 0.25) is 0 Å². The molecule has 0 atom stereocenters. The Morgan fingerprint density at radius 1 is 1.28 bits per heavy atom. The number of nitrogens with one attached hydrogen (secondary N) is 2. The summed E-state index contributed by atoms with van der Waals surface area (Å²) in [6.07, 6.45) is 5.61. The number of aromatic nitrogens is 2. The Balaban J connectivity index is 1.40. The van der Waals surface area contributed by atoms with Crippen LogP contribution in [0, 0.1) is 17.9 Å². The maximum absolute atomic E-state index is 15.3. The molecule has 2 N–H and O–H groups in total. The number of nitrogens with zero attached hydrogens (tertiary/aromatic N) is 5. The van der Waals surface area contributed by atoms with Crippen molar-refractivity contribution in [1.82, 2.24) is 14.6 Å². The summed E-state index contributed by atoms with van der Waals surface area (Å²) in [6.45, 7) is 10.0. The van der Waals surface area contributed by atoms with Gasteiger partial charge in [0.1, 0.15) is 11.3 Å². The largest absolute Gasteiger partial charge is 0.594 e. The summed E-state index contributed by atoms with van der Waals surface area (Å²) in [6, 6.07) is 3.01. The molecule has 2 aromatic rings. The second kappa shape index (κ2) is 8.51. The molecule has 0 unspecified atom stereocenters. The summed E-state index contributed by atoms with van der Waals surface area (Å²) in [7, 11) is 0. The van der Waals surface area contributed by atoms with Crippen LogP contribution >= 0.6 is 0 Å².